The molecule has 0 heterocycles. The number of alkyl halides is 3. The molecular weight excluding hydrogens is 387 g/mol. The number of carbonyl (C=O) groups excluding carboxylic acids is 1. The highest BCUT2D eigenvalue weighted by Crippen LogP contribution is 2.34. The van der Waals surface area contributed by atoms with Gasteiger partial charge in [0.25, 0.3) is 10.1 Å². The molecule has 1 N–H and O–H groups in total. The van der Waals surface area contributed by atoms with Gasteiger partial charge in [0.2, 0.25) is 0 Å². The Labute approximate surface area is 154 Å². The molecule has 146 valence electrons. The molecular formula is C17H16F3NO5S. The molecule has 0 bridgehead atoms. The van der Waals surface area contributed by atoms with Crippen LogP contribution in [0.25, 0.3) is 0 Å². The largest absolute Gasteiger partial charge is 0.461 e. The maximum atomic E-state index is 12.9. The van der Waals surface area contributed by atoms with E-state index in [1.54, 1.807) is 30.3 Å². The van der Waals surface area contributed by atoms with Crippen molar-refractivity contribution >= 4 is 16.1 Å². The van der Waals surface area contributed by atoms with Gasteiger partial charge in [0.1, 0.15) is 18.2 Å². The van der Waals surface area contributed by atoms with Crippen molar-refractivity contribution < 1.29 is 35.3 Å². The first kappa shape index (κ1) is 20.9. The fourth-order valence-electron chi connectivity index (χ4n) is 2.05. The van der Waals surface area contributed by atoms with E-state index in [-0.39, 0.29) is 13.2 Å². The number of carbonyl (C=O) groups is 1. The van der Waals surface area contributed by atoms with Gasteiger partial charge in [-0.25, -0.2) is 4.79 Å². The second-order valence-electron chi connectivity index (χ2n) is 5.21. The number of hydrogen-bond acceptors (Lipinski definition) is 6. The van der Waals surface area contributed by atoms with Crippen LogP contribution in [0.5, 0.6) is 0 Å². The third kappa shape index (κ3) is 6.05. The van der Waals surface area contributed by atoms with Gasteiger partial charge >= 0.3 is 12.1 Å². The lowest BCUT2D eigenvalue weighted by molar-refractivity contribution is -0.140. The van der Waals surface area contributed by atoms with Crippen LogP contribution in [0, 0.1) is 0 Å². The Morgan fingerprint density at radius 2 is 1.63 bits per heavy atom. The summed E-state index contributed by atoms with van der Waals surface area (Å²) in [6.07, 6.45) is -4.83. The van der Waals surface area contributed by atoms with Crippen LogP contribution in [0.4, 0.5) is 13.2 Å². The van der Waals surface area contributed by atoms with Gasteiger partial charge in [-0.2, -0.15) is 21.6 Å². The molecule has 0 aliphatic heterocycles. The zero-order valence-corrected chi connectivity index (χ0v) is 14.7. The lowest BCUT2D eigenvalue weighted by Crippen LogP contribution is -2.26. The van der Waals surface area contributed by atoms with Gasteiger partial charge in [-0.3, -0.25) is 9.50 Å². The van der Waals surface area contributed by atoms with Crippen LogP contribution in [0.1, 0.15) is 15.9 Å². The quantitative estimate of drug-likeness (QED) is 0.316. The molecule has 10 heteroatoms. The van der Waals surface area contributed by atoms with Crippen molar-refractivity contribution in [1.29, 1.82) is 0 Å². The van der Waals surface area contributed by atoms with E-state index in [0.29, 0.717) is 11.6 Å². The van der Waals surface area contributed by atoms with Gasteiger partial charge in [-0.15, -0.1) is 0 Å². The fraction of sp³-hybridized carbons (Fsp3) is 0.235. The molecule has 0 atom stereocenters. The smallest absolute Gasteiger partial charge is 0.417 e. The maximum Gasteiger partial charge on any atom is 0.417 e. The minimum absolute atomic E-state index is 0.0506. The summed E-state index contributed by atoms with van der Waals surface area (Å²) in [5.41, 5.74) is -0.943. The average Bonchev–Trinajstić information content (AvgIpc) is 2.64. The maximum absolute atomic E-state index is 12.9. The SMILES string of the molecule is O=C(OCCNCOS(=O)(=O)c1ccccc1C(F)(F)F)c1ccccc1. The minimum atomic E-state index is -4.83. The molecule has 0 saturated heterocycles. The molecule has 6 nitrogen and oxygen atoms in total. The summed E-state index contributed by atoms with van der Waals surface area (Å²) in [5.74, 6) is -0.551. The third-order valence-electron chi connectivity index (χ3n) is 3.30. The van der Waals surface area contributed by atoms with Crippen LogP contribution in [0.15, 0.2) is 59.5 Å². The molecule has 0 fully saturated rings. The summed E-state index contributed by atoms with van der Waals surface area (Å²) < 4.78 is 72.2. The van der Waals surface area contributed by atoms with Crippen LogP contribution in [0.2, 0.25) is 0 Å². The van der Waals surface area contributed by atoms with Crippen molar-refractivity contribution in [3.05, 3.63) is 65.7 Å². The highest BCUT2D eigenvalue weighted by atomic mass is 32.2. The summed E-state index contributed by atoms with van der Waals surface area (Å²) >= 11 is 0. The Balaban J connectivity index is 1.81. The second-order valence-corrected chi connectivity index (χ2v) is 6.80. The number of rotatable bonds is 8. The Kier molecular flexibility index (Phi) is 6.94. The minimum Gasteiger partial charge on any atom is -0.461 e. The average molecular weight is 403 g/mol. The van der Waals surface area contributed by atoms with E-state index in [1.165, 1.54) is 6.07 Å². The Morgan fingerprint density at radius 1 is 1.00 bits per heavy atom. The van der Waals surface area contributed by atoms with E-state index in [0.717, 1.165) is 12.1 Å². The Morgan fingerprint density at radius 3 is 2.30 bits per heavy atom. The van der Waals surface area contributed by atoms with Gasteiger partial charge in [0.05, 0.1) is 11.1 Å². The second kappa shape index (κ2) is 8.98. The van der Waals surface area contributed by atoms with Crippen LogP contribution < -0.4 is 5.32 Å². The fourth-order valence-corrected chi connectivity index (χ4v) is 3.11. The van der Waals surface area contributed by atoms with Crippen LogP contribution in [-0.4, -0.2) is 34.3 Å². The van der Waals surface area contributed by atoms with Gasteiger partial charge in [-0.05, 0) is 24.3 Å². The van der Waals surface area contributed by atoms with E-state index >= 15 is 0 Å². The molecule has 0 aliphatic rings. The number of hydrogen-bond donors (Lipinski definition) is 1. The number of ether oxygens (including phenoxy) is 1. The predicted molar refractivity (Wildman–Crippen MR) is 89.3 cm³/mol. The van der Waals surface area contributed by atoms with E-state index < -0.39 is 39.5 Å². The molecule has 0 amide bonds. The van der Waals surface area contributed by atoms with Crippen molar-refractivity contribution in [2.24, 2.45) is 0 Å². The van der Waals surface area contributed by atoms with Gasteiger partial charge in [-0.1, -0.05) is 30.3 Å². The third-order valence-corrected chi connectivity index (χ3v) is 4.62. The molecule has 2 rings (SSSR count). The molecule has 0 saturated carbocycles. The van der Waals surface area contributed by atoms with Crippen molar-refractivity contribution in [3.8, 4) is 0 Å². The van der Waals surface area contributed by atoms with Crippen LogP contribution >= 0.6 is 0 Å². The van der Waals surface area contributed by atoms with Gasteiger partial charge < -0.3 is 4.74 Å². The van der Waals surface area contributed by atoms with Crippen LogP contribution in [-0.2, 0) is 25.2 Å². The first-order chi connectivity index (χ1) is 12.7. The van der Waals surface area contributed by atoms with Crippen molar-refractivity contribution in [1.82, 2.24) is 5.32 Å². The summed E-state index contributed by atoms with van der Waals surface area (Å²) in [4.78, 5) is 10.7. The monoisotopic (exact) mass is 403 g/mol. The predicted octanol–water partition coefficient (Wildman–Crippen LogP) is 2.81. The van der Waals surface area contributed by atoms with E-state index in [4.69, 9.17) is 4.74 Å². The zero-order valence-electron chi connectivity index (χ0n) is 13.9. The topological polar surface area (TPSA) is 81.7 Å². The lowest BCUT2D eigenvalue weighted by atomic mass is 10.2. The normalized spacial score (nSPS) is 12.0. The molecule has 0 unspecified atom stereocenters. The molecule has 2 aromatic rings. The van der Waals surface area contributed by atoms with Crippen molar-refractivity contribution in [2.75, 3.05) is 19.9 Å². The first-order valence-electron chi connectivity index (χ1n) is 7.70. The zero-order chi connectivity index (χ0) is 19.9. The van der Waals surface area contributed by atoms with E-state index in [1.807, 2.05) is 0 Å². The highest BCUT2D eigenvalue weighted by Gasteiger charge is 2.37. The number of halogens is 3. The van der Waals surface area contributed by atoms with E-state index in [2.05, 4.69) is 9.50 Å². The van der Waals surface area contributed by atoms with Crippen molar-refractivity contribution in [2.45, 2.75) is 11.1 Å². The van der Waals surface area contributed by atoms with Crippen LogP contribution in [0.3, 0.4) is 0 Å². The number of nitrogens with one attached hydrogen (secondary N) is 1. The van der Waals surface area contributed by atoms with E-state index in [9.17, 15) is 26.4 Å². The molecule has 2 aromatic carbocycles. The summed E-state index contributed by atoms with van der Waals surface area (Å²) in [5, 5.41) is 2.52. The number of benzene rings is 2. The summed E-state index contributed by atoms with van der Waals surface area (Å²) in [6.45, 7) is -0.595. The van der Waals surface area contributed by atoms with Crippen molar-refractivity contribution in [3.63, 3.8) is 0 Å². The summed E-state index contributed by atoms with van der Waals surface area (Å²) in [6, 6.07) is 12.0. The standard InChI is InChI=1S/C17H16F3NO5S/c18-17(19,20)14-8-4-5-9-15(14)27(23,24)26-12-21-10-11-25-16(22)13-6-2-1-3-7-13/h1-9,21H,10-12H2. The molecule has 0 spiro atoms. The molecule has 27 heavy (non-hydrogen) atoms. The van der Waals surface area contributed by atoms with Gasteiger partial charge in [0.15, 0.2) is 0 Å². The number of esters is 1. The Hall–Kier alpha value is -2.43. The highest BCUT2D eigenvalue weighted by molar-refractivity contribution is 7.86. The molecule has 0 aliphatic carbocycles. The summed E-state index contributed by atoms with van der Waals surface area (Å²) in [7, 11) is -4.61. The Bertz CT molecular complexity index is 870. The van der Waals surface area contributed by atoms with Gasteiger partial charge in [0, 0.05) is 6.54 Å². The first-order valence-corrected chi connectivity index (χ1v) is 9.11. The lowest BCUT2D eigenvalue weighted by Gasteiger charge is -2.13. The molecule has 0 radical (unpaired) electrons. The molecule has 0 aromatic heterocycles.